The third kappa shape index (κ3) is 3.44. The van der Waals surface area contributed by atoms with E-state index in [1.807, 2.05) is 42.2 Å². The van der Waals surface area contributed by atoms with E-state index in [9.17, 15) is 4.79 Å². The third-order valence-electron chi connectivity index (χ3n) is 4.59. The molecule has 0 aliphatic carbocycles. The number of nitrogens with zero attached hydrogens (tertiary/aromatic N) is 5. The zero-order valence-corrected chi connectivity index (χ0v) is 16.5. The molecule has 2 heterocycles. The molecule has 2 atom stereocenters. The molecule has 138 valence electrons. The molecule has 1 aliphatic heterocycles. The van der Waals surface area contributed by atoms with Crippen LogP contribution in [0.3, 0.4) is 0 Å². The van der Waals surface area contributed by atoms with Gasteiger partial charge in [-0.2, -0.15) is 4.68 Å². The van der Waals surface area contributed by atoms with Crippen LogP contribution in [-0.4, -0.2) is 37.4 Å². The molecule has 8 heteroatoms. The van der Waals surface area contributed by atoms with Crippen molar-refractivity contribution in [2.24, 2.45) is 0 Å². The van der Waals surface area contributed by atoms with Crippen molar-refractivity contribution in [2.45, 2.75) is 36.7 Å². The Morgan fingerprint density at radius 3 is 2.74 bits per heavy atom. The predicted molar refractivity (Wildman–Crippen MR) is 107 cm³/mol. The molecule has 0 bridgehead atoms. The van der Waals surface area contributed by atoms with Gasteiger partial charge in [-0.25, -0.2) is 0 Å². The van der Waals surface area contributed by atoms with Crippen molar-refractivity contribution in [1.82, 2.24) is 20.2 Å². The summed E-state index contributed by atoms with van der Waals surface area (Å²) in [6.45, 7) is 3.97. The average Bonchev–Trinajstić information content (AvgIpc) is 3.25. The van der Waals surface area contributed by atoms with E-state index in [1.165, 1.54) is 17.3 Å². The maximum Gasteiger partial charge on any atom is 0.240 e. The number of tetrazole rings is 1. The van der Waals surface area contributed by atoms with Gasteiger partial charge in [0.1, 0.15) is 0 Å². The zero-order chi connectivity index (χ0) is 19.0. The van der Waals surface area contributed by atoms with Gasteiger partial charge >= 0.3 is 0 Å². The molecule has 0 spiro atoms. The summed E-state index contributed by atoms with van der Waals surface area (Å²) >= 11 is 7.30. The van der Waals surface area contributed by atoms with Crippen molar-refractivity contribution in [2.75, 3.05) is 4.90 Å². The van der Waals surface area contributed by atoms with E-state index < -0.39 is 0 Å². The summed E-state index contributed by atoms with van der Waals surface area (Å²) in [7, 11) is 0. The van der Waals surface area contributed by atoms with Crippen LogP contribution in [0.4, 0.5) is 5.69 Å². The van der Waals surface area contributed by atoms with Gasteiger partial charge in [0, 0.05) is 16.8 Å². The fourth-order valence-electron chi connectivity index (χ4n) is 3.30. The number of carbonyl (C=O) groups excluding carboxylic acids is 1. The van der Waals surface area contributed by atoms with Crippen LogP contribution in [0.25, 0.3) is 5.69 Å². The number of aromatic nitrogens is 4. The van der Waals surface area contributed by atoms with Gasteiger partial charge < -0.3 is 4.90 Å². The van der Waals surface area contributed by atoms with Gasteiger partial charge in [0.25, 0.3) is 0 Å². The zero-order valence-electron chi connectivity index (χ0n) is 14.9. The van der Waals surface area contributed by atoms with E-state index in [-0.39, 0.29) is 17.2 Å². The van der Waals surface area contributed by atoms with Crippen LogP contribution in [0, 0.1) is 0 Å². The molecule has 1 aliphatic rings. The number of anilines is 1. The molecule has 0 fully saturated rings. The predicted octanol–water partition coefficient (Wildman–Crippen LogP) is 3.77. The topological polar surface area (TPSA) is 63.9 Å². The Labute approximate surface area is 166 Å². The number of benzene rings is 2. The molecule has 0 N–H and O–H groups in total. The minimum Gasteiger partial charge on any atom is -0.308 e. The molecule has 2 aromatic carbocycles. The fourth-order valence-corrected chi connectivity index (χ4v) is 4.28. The summed E-state index contributed by atoms with van der Waals surface area (Å²) in [5, 5.41) is 12.8. The second kappa shape index (κ2) is 7.32. The lowest BCUT2D eigenvalue weighted by Gasteiger charge is -2.25. The number of hydrogen-bond acceptors (Lipinski definition) is 5. The first kappa shape index (κ1) is 18.0. The molecule has 6 nitrogen and oxygen atoms in total. The van der Waals surface area contributed by atoms with E-state index in [2.05, 4.69) is 28.5 Å². The van der Waals surface area contributed by atoms with Crippen molar-refractivity contribution >= 4 is 35.0 Å². The summed E-state index contributed by atoms with van der Waals surface area (Å²) in [5.74, 6) is 0.0584. The number of hydrogen-bond donors (Lipinski definition) is 0. The lowest BCUT2D eigenvalue weighted by atomic mass is 10.1. The van der Waals surface area contributed by atoms with Crippen LogP contribution in [0.5, 0.6) is 0 Å². The highest BCUT2D eigenvalue weighted by Gasteiger charge is 2.34. The van der Waals surface area contributed by atoms with Gasteiger partial charge in [-0.3, -0.25) is 4.79 Å². The van der Waals surface area contributed by atoms with Gasteiger partial charge in [-0.1, -0.05) is 41.6 Å². The molecule has 1 aromatic heterocycles. The molecular weight excluding hydrogens is 382 g/mol. The molecule has 0 saturated carbocycles. The summed E-state index contributed by atoms with van der Waals surface area (Å²) < 4.78 is 1.62. The van der Waals surface area contributed by atoms with Crippen molar-refractivity contribution < 1.29 is 4.79 Å². The Balaban J connectivity index is 1.55. The number of thioether (sulfide) groups is 1. The number of halogens is 1. The van der Waals surface area contributed by atoms with Gasteiger partial charge in [0.05, 0.1) is 10.9 Å². The summed E-state index contributed by atoms with van der Waals surface area (Å²) in [5.41, 5.74) is 3.01. The Bertz CT molecular complexity index is 974. The SMILES string of the molecule is C[C@@H](Sc1nnnn1-c1ccc(Cl)cc1)C(=O)N1c2ccccc2C[C@@H]1C. The van der Waals surface area contributed by atoms with Crippen LogP contribution in [-0.2, 0) is 11.2 Å². The van der Waals surface area contributed by atoms with Crippen molar-refractivity contribution in [1.29, 1.82) is 0 Å². The highest BCUT2D eigenvalue weighted by Crippen LogP contribution is 2.34. The number of carbonyl (C=O) groups is 1. The minimum absolute atomic E-state index is 0.0584. The van der Waals surface area contributed by atoms with Crippen LogP contribution in [0.1, 0.15) is 19.4 Å². The lowest BCUT2D eigenvalue weighted by Crippen LogP contribution is -2.40. The third-order valence-corrected chi connectivity index (χ3v) is 5.86. The van der Waals surface area contributed by atoms with Gasteiger partial charge in [-0.05, 0) is 66.6 Å². The standard InChI is InChI=1S/C19H18ClN5OS/c1-12-11-14-5-3-4-6-17(14)24(12)18(26)13(2)27-19-21-22-23-25(19)16-9-7-15(20)8-10-16/h3-10,12-13H,11H2,1-2H3/t12-,13+/m0/s1. The monoisotopic (exact) mass is 399 g/mol. The molecule has 0 radical (unpaired) electrons. The molecule has 4 rings (SSSR count). The summed E-state index contributed by atoms with van der Waals surface area (Å²) in [6, 6.07) is 15.5. The fraction of sp³-hybridized carbons (Fsp3) is 0.263. The van der Waals surface area contributed by atoms with Crippen molar-refractivity contribution in [3.63, 3.8) is 0 Å². The van der Waals surface area contributed by atoms with Gasteiger partial charge in [0.2, 0.25) is 11.1 Å². The molecule has 0 saturated heterocycles. The molecule has 27 heavy (non-hydrogen) atoms. The largest absolute Gasteiger partial charge is 0.308 e. The van der Waals surface area contributed by atoms with Crippen LogP contribution < -0.4 is 4.90 Å². The Kier molecular flexibility index (Phi) is 4.88. The maximum atomic E-state index is 13.1. The van der Waals surface area contributed by atoms with Crippen molar-refractivity contribution in [3.8, 4) is 5.69 Å². The molecular formula is C19H18ClN5OS. The Hall–Kier alpha value is -2.38. The normalized spacial score (nSPS) is 17.0. The Morgan fingerprint density at radius 2 is 1.96 bits per heavy atom. The first-order valence-electron chi connectivity index (χ1n) is 8.66. The molecule has 0 unspecified atom stereocenters. The quantitative estimate of drug-likeness (QED) is 0.625. The summed E-state index contributed by atoms with van der Waals surface area (Å²) in [6.07, 6.45) is 0.877. The van der Waals surface area contributed by atoms with Crippen LogP contribution in [0.2, 0.25) is 5.02 Å². The van der Waals surface area contributed by atoms with E-state index in [0.717, 1.165) is 17.8 Å². The molecule has 3 aromatic rings. The van der Waals surface area contributed by atoms with Gasteiger partial charge in [-0.15, -0.1) is 5.10 Å². The second-order valence-corrected chi connectivity index (χ2v) is 8.24. The van der Waals surface area contributed by atoms with E-state index >= 15 is 0 Å². The number of fused-ring (bicyclic) bond motifs is 1. The van der Waals surface area contributed by atoms with Crippen LogP contribution in [0.15, 0.2) is 53.7 Å². The number of amides is 1. The highest BCUT2D eigenvalue weighted by molar-refractivity contribution is 8.00. The average molecular weight is 400 g/mol. The minimum atomic E-state index is -0.323. The highest BCUT2D eigenvalue weighted by atomic mass is 35.5. The smallest absolute Gasteiger partial charge is 0.240 e. The number of para-hydroxylation sites is 1. The van der Waals surface area contributed by atoms with Crippen LogP contribution >= 0.6 is 23.4 Å². The van der Waals surface area contributed by atoms with Crippen molar-refractivity contribution in [3.05, 3.63) is 59.1 Å². The van der Waals surface area contributed by atoms with Gasteiger partial charge in [0.15, 0.2) is 0 Å². The lowest BCUT2D eigenvalue weighted by molar-refractivity contribution is -0.118. The Morgan fingerprint density at radius 1 is 1.22 bits per heavy atom. The first-order valence-corrected chi connectivity index (χ1v) is 9.92. The first-order chi connectivity index (χ1) is 13.0. The second-order valence-electron chi connectivity index (χ2n) is 6.50. The van der Waals surface area contributed by atoms with E-state index in [4.69, 9.17) is 11.6 Å². The van der Waals surface area contributed by atoms with E-state index in [0.29, 0.717) is 10.2 Å². The summed E-state index contributed by atoms with van der Waals surface area (Å²) in [4.78, 5) is 15.0. The van der Waals surface area contributed by atoms with E-state index in [1.54, 1.807) is 16.8 Å². The maximum absolute atomic E-state index is 13.1. The molecule has 1 amide bonds. The number of rotatable bonds is 4.